The Morgan fingerprint density at radius 1 is 1.23 bits per heavy atom. The zero-order valence-electron chi connectivity index (χ0n) is 16.9. The van der Waals surface area contributed by atoms with Gasteiger partial charge in [0.05, 0.1) is 25.3 Å². The molecule has 1 saturated heterocycles. The van der Waals surface area contributed by atoms with E-state index in [0.717, 1.165) is 40.9 Å². The van der Waals surface area contributed by atoms with Gasteiger partial charge >= 0.3 is 0 Å². The summed E-state index contributed by atoms with van der Waals surface area (Å²) in [7, 11) is 0. The van der Waals surface area contributed by atoms with E-state index in [-0.39, 0.29) is 12.3 Å². The average Bonchev–Trinajstić information content (AvgIpc) is 3.25. The Bertz CT molecular complexity index is 1010. The summed E-state index contributed by atoms with van der Waals surface area (Å²) in [6.45, 7) is 3.89. The van der Waals surface area contributed by atoms with Gasteiger partial charge in [0.2, 0.25) is 5.91 Å². The van der Waals surface area contributed by atoms with Gasteiger partial charge in [-0.3, -0.25) is 4.79 Å². The van der Waals surface area contributed by atoms with Crippen LogP contribution < -0.4 is 15.0 Å². The van der Waals surface area contributed by atoms with Crippen molar-refractivity contribution in [3.05, 3.63) is 69.3 Å². The summed E-state index contributed by atoms with van der Waals surface area (Å²) in [6.07, 6.45) is 2.01. The van der Waals surface area contributed by atoms with Gasteiger partial charge in [-0.2, -0.15) is 0 Å². The Hall–Kier alpha value is -2.68. The average molecular weight is 459 g/mol. The highest BCUT2D eigenvalue weighted by Gasteiger charge is 2.13. The molecule has 0 bridgehead atoms. The quantitative estimate of drug-likeness (QED) is 0.557. The lowest BCUT2D eigenvalue weighted by atomic mass is 10.2. The lowest BCUT2D eigenvalue weighted by Crippen LogP contribution is -2.36. The SMILES string of the molecule is O=C(Cc1csc(COc2ccc(Cl)cc2)n1)NCc1ccnc(N2CCOCC2)c1. The molecule has 1 aliphatic heterocycles. The molecule has 0 unspecified atom stereocenters. The summed E-state index contributed by atoms with van der Waals surface area (Å²) in [5.41, 5.74) is 1.75. The molecule has 162 valence electrons. The van der Waals surface area contributed by atoms with E-state index in [9.17, 15) is 4.79 Å². The Labute approximate surface area is 190 Å². The summed E-state index contributed by atoms with van der Waals surface area (Å²) in [5.74, 6) is 1.58. The number of aromatic nitrogens is 2. The normalized spacial score (nSPS) is 13.8. The molecule has 9 heteroatoms. The number of carbonyl (C=O) groups excluding carboxylic acids is 1. The van der Waals surface area contributed by atoms with Crippen LogP contribution in [0.25, 0.3) is 0 Å². The van der Waals surface area contributed by atoms with E-state index in [0.29, 0.717) is 31.4 Å². The highest BCUT2D eigenvalue weighted by Crippen LogP contribution is 2.18. The minimum absolute atomic E-state index is 0.0693. The third kappa shape index (κ3) is 6.40. The predicted octanol–water partition coefficient (Wildman–Crippen LogP) is 3.47. The molecule has 4 rings (SSSR count). The van der Waals surface area contributed by atoms with Crippen molar-refractivity contribution >= 4 is 34.7 Å². The fourth-order valence-electron chi connectivity index (χ4n) is 3.14. The van der Waals surface area contributed by atoms with Crippen LogP contribution in [0.2, 0.25) is 5.02 Å². The van der Waals surface area contributed by atoms with Crippen LogP contribution in [-0.2, 0) is 29.1 Å². The number of halogens is 1. The van der Waals surface area contributed by atoms with E-state index in [1.807, 2.05) is 29.6 Å². The summed E-state index contributed by atoms with van der Waals surface area (Å²) < 4.78 is 11.1. The topological polar surface area (TPSA) is 76.6 Å². The number of morpholine rings is 1. The van der Waals surface area contributed by atoms with Crippen LogP contribution in [-0.4, -0.2) is 42.2 Å². The monoisotopic (exact) mass is 458 g/mol. The third-order valence-corrected chi connectivity index (χ3v) is 5.87. The van der Waals surface area contributed by atoms with Crippen molar-refractivity contribution in [2.24, 2.45) is 0 Å². The summed E-state index contributed by atoms with van der Waals surface area (Å²) >= 11 is 7.36. The molecule has 3 aromatic rings. The first-order chi connectivity index (χ1) is 15.2. The fraction of sp³-hybridized carbons (Fsp3) is 0.318. The highest BCUT2D eigenvalue weighted by atomic mass is 35.5. The second-order valence-corrected chi connectivity index (χ2v) is 8.43. The minimum atomic E-state index is -0.0693. The lowest BCUT2D eigenvalue weighted by Gasteiger charge is -2.28. The van der Waals surface area contributed by atoms with Crippen LogP contribution in [0.4, 0.5) is 5.82 Å². The van der Waals surface area contributed by atoms with Gasteiger partial charge in [0.1, 0.15) is 23.2 Å². The Morgan fingerprint density at radius 3 is 2.84 bits per heavy atom. The molecule has 2 aromatic heterocycles. The fourth-order valence-corrected chi connectivity index (χ4v) is 3.97. The standard InChI is InChI=1S/C22H23ClN4O3S/c23-17-1-3-19(4-2-17)30-14-22-26-18(15-31-22)12-21(28)25-13-16-5-6-24-20(11-16)27-7-9-29-10-8-27/h1-6,11,15H,7-10,12-14H2,(H,25,28). The van der Waals surface area contributed by atoms with Gasteiger partial charge in [-0.25, -0.2) is 9.97 Å². The van der Waals surface area contributed by atoms with Gasteiger partial charge in [0.15, 0.2) is 0 Å². The van der Waals surface area contributed by atoms with Crippen LogP contribution in [0, 0.1) is 0 Å². The Morgan fingerprint density at radius 2 is 2.03 bits per heavy atom. The maximum absolute atomic E-state index is 12.4. The number of anilines is 1. The van der Waals surface area contributed by atoms with Crippen molar-refractivity contribution < 1.29 is 14.3 Å². The molecular weight excluding hydrogens is 436 g/mol. The molecule has 1 amide bonds. The van der Waals surface area contributed by atoms with Crippen LogP contribution in [0.1, 0.15) is 16.3 Å². The van der Waals surface area contributed by atoms with Gasteiger partial charge in [0.25, 0.3) is 0 Å². The molecular formula is C22H23ClN4O3S. The zero-order valence-corrected chi connectivity index (χ0v) is 18.5. The first-order valence-corrected chi connectivity index (χ1v) is 11.3. The van der Waals surface area contributed by atoms with E-state index in [1.54, 1.807) is 18.3 Å². The van der Waals surface area contributed by atoms with Crippen molar-refractivity contribution in [1.29, 1.82) is 0 Å². The van der Waals surface area contributed by atoms with Crippen molar-refractivity contribution in [3.63, 3.8) is 0 Å². The molecule has 1 N–H and O–H groups in total. The lowest BCUT2D eigenvalue weighted by molar-refractivity contribution is -0.120. The number of pyridine rings is 1. The van der Waals surface area contributed by atoms with Crippen molar-refractivity contribution in [1.82, 2.24) is 15.3 Å². The van der Waals surface area contributed by atoms with E-state index in [1.165, 1.54) is 11.3 Å². The number of carbonyl (C=O) groups is 1. The van der Waals surface area contributed by atoms with E-state index >= 15 is 0 Å². The number of ether oxygens (including phenoxy) is 2. The highest BCUT2D eigenvalue weighted by molar-refractivity contribution is 7.09. The van der Waals surface area contributed by atoms with Crippen molar-refractivity contribution in [3.8, 4) is 5.75 Å². The molecule has 1 aliphatic rings. The summed E-state index contributed by atoms with van der Waals surface area (Å²) in [4.78, 5) is 23.5. The second-order valence-electron chi connectivity index (χ2n) is 7.05. The van der Waals surface area contributed by atoms with Gasteiger partial charge in [-0.05, 0) is 42.0 Å². The maximum atomic E-state index is 12.4. The molecule has 0 radical (unpaired) electrons. The molecule has 1 aromatic carbocycles. The number of benzene rings is 1. The largest absolute Gasteiger partial charge is 0.486 e. The molecule has 3 heterocycles. The molecule has 0 saturated carbocycles. The summed E-state index contributed by atoms with van der Waals surface area (Å²) in [6, 6.07) is 11.1. The molecule has 31 heavy (non-hydrogen) atoms. The molecule has 0 spiro atoms. The Balaban J connectivity index is 1.24. The van der Waals surface area contributed by atoms with Crippen LogP contribution >= 0.6 is 22.9 Å². The second kappa shape index (κ2) is 10.6. The van der Waals surface area contributed by atoms with E-state index < -0.39 is 0 Å². The minimum Gasteiger partial charge on any atom is -0.486 e. The van der Waals surface area contributed by atoms with Crippen LogP contribution in [0.3, 0.4) is 0 Å². The van der Waals surface area contributed by atoms with Gasteiger partial charge in [0, 0.05) is 36.2 Å². The molecule has 1 fully saturated rings. The smallest absolute Gasteiger partial charge is 0.226 e. The number of rotatable bonds is 8. The van der Waals surface area contributed by atoms with Gasteiger partial charge in [-0.1, -0.05) is 11.6 Å². The number of amides is 1. The Kier molecular flexibility index (Phi) is 7.35. The van der Waals surface area contributed by atoms with Gasteiger partial charge in [-0.15, -0.1) is 11.3 Å². The van der Waals surface area contributed by atoms with Crippen LogP contribution in [0.15, 0.2) is 48.0 Å². The molecule has 7 nitrogen and oxygen atoms in total. The number of hydrogen-bond donors (Lipinski definition) is 1. The van der Waals surface area contributed by atoms with Crippen molar-refractivity contribution in [2.75, 3.05) is 31.2 Å². The maximum Gasteiger partial charge on any atom is 0.226 e. The van der Waals surface area contributed by atoms with Crippen molar-refractivity contribution in [2.45, 2.75) is 19.6 Å². The zero-order chi connectivity index (χ0) is 21.5. The third-order valence-electron chi connectivity index (χ3n) is 4.75. The first kappa shape index (κ1) is 21.5. The number of thiazole rings is 1. The van der Waals surface area contributed by atoms with Gasteiger partial charge < -0.3 is 19.7 Å². The predicted molar refractivity (Wildman–Crippen MR) is 121 cm³/mol. The number of hydrogen-bond acceptors (Lipinski definition) is 7. The molecule has 0 atom stereocenters. The van der Waals surface area contributed by atoms with E-state index in [2.05, 4.69) is 20.2 Å². The summed E-state index contributed by atoms with van der Waals surface area (Å²) in [5, 5.41) is 6.34. The number of nitrogens with zero attached hydrogens (tertiary/aromatic N) is 3. The van der Waals surface area contributed by atoms with Crippen LogP contribution in [0.5, 0.6) is 5.75 Å². The first-order valence-electron chi connectivity index (χ1n) is 10.0. The van der Waals surface area contributed by atoms with E-state index in [4.69, 9.17) is 21.1 Å². The molecule has 0 aliphatic carbocycles. The number of nitrogens with one attached hydrogen (secondary N) is 1.